The number of anilines is 1. The summed E-state index contributed by atoms with van der Waals surface area (Å²) in [5.74, 6) is 0.600. The van der Waals surface area contributed by atoms with Crippen molar-refractivity contribution >= 4 is 17.2 Å². The van der Waals surface area contributed by atoms with Gasteiger partial charge in [0.15, 0.2) is 5.69 Å². The first-order valence-electron chi connectivity index (χ1n) is 6.44. The largest absolute Gasteiger partial charge is 0.371 e. The van der Waals surface area contributed by atoms with Crippen molar-refractivity contribution in [3.05, 3.63) is 40.0 Å². The van der Waals surface area contributed by atoms with Crippen LogP contribution in [0.4, 0.5) is 5.82 Å². The zero-order chi connectivity index (χ0) is 13.9. The van der Waals surface area contributed by atoms with E-state index in [-0.39, 0.29) is 12.1 Å². The lowest BCUT2D eigenvalue weighted by Crippen LogP contribution is -2.30. The molecular weight excluding hydrogens is 272 g/mol. The number of nitrogens with one attached hydrogen (secondary N) is 1. The molecule has 0 spiro atoms. The fraction of sp³-hybridized carbons (Fsp3) is 0.357. The van der Waals surface area contributed by atoms with E-state index in [1.165, 1.54) is 16.6 Å². The van der Waals surface area contributed by atoms with Crippen LogP contribution in [0.5, 0.6) is 0 Å². The third kappa shape index (κ3) is 2.50. The number of thiophene rings is 1. The first kappa shape index (κ1) is 13.0. The Morgan fingerprint density at radius 2 is 2.45 bits per heavy atom. The second kappa shape index (κ2) is 5.57. The maximum absolute atomic E-state index is 8.84. The Morgan fingerprint density at radius 3 is 3.30 bits per heavy atom. The molecule has 102 valence electrons. The number of hydrogen-bond acceptors (Lipinski definition) is 6. The molecule has 20 heavy (non-hydrogen) atoms. The Morgan fingerprint density at radius 1 is 1.55 bits per heavy atom. The number of fused-ring (bicyclic) bond motifs is 1. The number of rotatable bonds is 3. The van der Waals surface area contributed by atoms with Crippen molar-refractivity contribution in [3.63, 3.8) is 0 Å². The van der Waals surface area contributed by atoms with Gasteiger partial charge in [0.1, 0.15) is 18.0 Å². The molecule has 0 saturated heterocycles. The molecule has 1 aliphatic heterocycles. The van der Waals surface area contributed by atoms with Crippen molar-refractivity contribution in [1.82, 2.24) is 9.97 Å². The SMILES string of the molecule is C[C@H](Nc1cncc(C#N)n1)[C@H]1OCCc2sccc21. The zero-order valence-electron chi connectivity index (χ0n) is 11.0. The molecule has 0 unspecified atom stereocenters. The van der Waals surface area contributed by atoms with Crippen molar-refractivity contribution in [2.24, 2.45) is 0 Å². The van der Waals surface area contributed by atoms with E-state index < -0.39 is 0 Å². The van der Waals surface area contributed by atoms with E-state index in [0.717, 1.165) is 13.0 Å². The maximum atomic E-state index is 8.84. The van der Waals surface area contributed by atoms with Crippen molar-refractivity contribution in [2.45, 2.75) is 25.5 Å². The monoisotopic (exact) mass is 286 g/mol. The van der Waals surface area contributed by atoms with E-state index in [1.54, 1.807) is 17.5 Å². The molecule has 0 aromatic carbocycles. The minimum absolute atomic E-state index is 0.0116. The standard InChI is InChI=1S/C14H14N4OS/c1-9(17-13-8-16-7-10(6-15)18-13)14-11-3-5-20-12(11)2-4-19-14/h3,5,7-9,14H,2,4H2,1H3,(H,17,18)/t9-,14+/m0/s1. The Balaban J connectivity index is 1.77. The van der Waals surface area contributed by atoms with Crippen LogP contribution in [0.25, 0.3) is 0 Å². The molecule has 0 fully saturated rings. The molecule has 2 aromatic heterocycles. The minimum Gasteiger partial charge on any atom is -0.371 e. The molecule has 1 aliphatic rings. The van der Waals surface area contributed by atoms with Crippen LogP contribution in [-0.2, 0) is 11.2 Å². The first-order valence-corrected chi connectivity index (χ1v) is 7.32. The van der Waals surface area contributed by atoms with E-state index in [4.69, 9.17) is 10.00 Å². The smallest absolute Gasteiger partial charge is 0.161 e. The van der Waals surface area contributed by atoms with Crippen LogP contribution in [0, 0.1) is 11.3 Å². The van der Waals surface area contributed by atoms with E-state index >= 15 is 0 Å². The quantitative estimate of drug-likeness (QED) is 0.938. The normalized spacial score (nSPS) is 18.9. The van der Waals surface area contributed by atoms with Gasteiger partial charge < -0.3 is 10.1 Å². The average Bonchev–Trinajstić information content (AvgIpc) is 2.95. The Labute approximate surface area is 121 Å². The van der Waals surface area contributed by atoms with E-state index in [1.807, 2.05) is 6.07 Å². The lowest BCUT2D eigenvalue weighted by Gasteiger charge is -2.29. The van der Waals surface area contributed by atoms with Gasteiger partial charge in [-0.3, -0.25) is 4.98 Å². The van der Waals surface area contributed by atoms with Crippen LogP contribution in [-0.4, -0.2) is 22.6 Å². The fourth-order valence-electron chi connectivity index (χ4n) is 2.39. The summed E-state index contributed by atoms with van der Waals surface area (Å²) in [5.41, 5.74) is 1.56. The van der Waals surface area contributed by atoms with Crippen molar-refractivity contribution in [1.29, 1.82) is 5.26 Å². The van der Waals surface area contributed by atoms with E-state index in [0.29, 0.717) is 11.5 Å². The minimum atomic E-state index is 0.0116. The van der Waals surface area contributed by atoms with Gasteiger partial charge in [-0.25, -0.2) is 4.98 Å². The van der Waals surface area contributed by atoms with E-state index in [9.17, 15) is 0 Å². The lowest BCUT2D eigenvalue weighted by molar-refractivity contribution is 0.0339. The van der Waals surface area contributed by atoms with Gasteiger partial charge in [-0.15, -0.1) is 11.3 Å². The summed E-state index contributed by atoms with van der Waals surface area (Å²) in [6, 6.07) is 4.17. The van der Waals surface area contributed by atoms with Crippen LogP contribution in [0.15, 0.2) is 23.8 Å². The molecule has 2 aromatic rings. The summed E-state index contributed by atoms with van der Waals surface area (Å²) in [4.78, 5) is 9.58. The van der Waals surface area contributed by atoms with Crippen molar-refractivity contribution in [2.75, 3.05) is 11.9 Å². The van der Waals surface area contributed by atoms with Crippen molar-refractivity contribution < 1.29 is 4.74 Å². The Hall–Kier alpha value is -1.97. The second-order valence-electron chi connectivity index (χ2n) is 4.67. The summed E-state index contributed by atoms with van der Waals surface area (Å²) < 4.78 is 5.88. The topological polar surface area (TPSA) is 70.8 Å². The Bertz CT molecular complexity index is 649. The molecule has 0 amide bonds. The van der Waals surface area contributed by atoms with Crippen LogP contribution in [0.1, 0.15) is 29.2 Å². The molecule has 3 heterocycles. The highest BCUT2D eigenvalue weighted by Gasteiger charge is 2.27. The molecule has 5 nitrogen and oxygen atoms in total. The highest BCUT2D eigenvalue weighted by atomic mass is 32.1. The number of ether oxygens (including phenoxy) is 1. The summed E-state index contributed by atoms with van der Waals surface area (Å²) in [6.45, 7) is 2.80. The van der Waals surface area contributed by atoms with Gasteiger partial charge in [0.05, 0.1) is 25.0 Å². The average molecular weight is 286 g/mol. The molecule has 0 bridgehead atoms. The van der Waals surface area contributed by atoms with Crippen LogP contribution >= 0.6 is 11.3 Å². The number of nitrogens with zero attached hydrogens (tertiary/aromatic N) is 3. The van der Waals surface area contributed by atoms with Gasteiger partial charge in [-0.1, -0.05) is 0 Å². The zero-order valence-corrected chi connectivity index (χ0v) is 11.9. The molecular formula is C14H14N4OS. The summed E-state index contributed by atoms with van der Waals surface area (Å²) in [7, 11) is 0. The molecule has 2 atom stereocenters. The van der Waals surface area contributed by atoms with Crippen LogP contribution < -0.4 is 5.32 Å². The maximum Gasteiger partial charge on any atom is 0.161 e. The molecule has 3 rings (SSSR count). The highest BCUT2D eigenvalue weighted by Crippen LogP contribution is 2.33. The predicted molar refractivity (Wildman–Crippen MR) is 76.5 cm³/mol. The molecule has 0 radical (unpaired) electrons. The molecule has 0 aliphatic carbocycles. The van der Waals surface area contributed by atoms with Gasteiger partial charge in [0, 0.05) is 11.3 Å². The Kier molecular flexibility index (Phi) is 3.63. The van der Waals surface area contributed by atoms with Crippen LogP contribution in [0.3, 0.4) is 0 Å². The summed E-state index contributed by atoms with van der Waals surface area (Å²) in [5, 5.41) is 14.2. The number of hydrogen-bond donors (Lipinski definition) is 1. The molecule has 0 saturated carbocycles. The van der Waals surface area contributed by atoms with Gasteiger partial charge >= 0.3 is 0 Å². The number of aromatic nitrogens is 2. The number of nitriles is 1. The predicted octanol–water partition coefficient (Wildman–Crippen LogP) is 2.52. The lowest BCUT2D eigenvalue weighted by atomic mass is 10.0. The van der Waals surface area contributed by atoms with E-state index in [2.05, 4.69) is 33.7 Å². The van der Waals surface area contributed by atoms with Gasteiger partial charge in [0.25, 0.3) is 0 Å². The third-order valence-electron chi connectivity index (χ3n) is 3.29. The van der Waals surface area contributed by atoms with Crippen LogP contribution in [0.2, 0.25) is 0 Å². The second-order valence-corrected chi connectivity index (χ2v) is 5.68. The molecule has 1 N–H and O–H groups in total. The van der Waals surface area contributed by atoms with Gasteiger partial charge in [0.2, 0.25) is 0 Å². The summed E-state index contributed by atoms with van der Waals surface area (Å²) >= 11 is 1.78. The first-order chi connectivity index (χ1) is 9.78. The summed E-state index contributed by atoms with van der Waals surface area (Å²) in [6.07, 6.45) is 4.07. The van der Waals surface area contributed by atoms with Gasteiger partial charge in [-0.05, 0) is 23.9 Å². The fourth-order valence-corrected chi connectivity index (χ4v) is 3.29. The van der Waals surface area contributed by atoms with Gasteiger partial charge in [-0.2, -0.15) is 5.26 Å². The third-order valence-corrected chi connectivity index (χ3v) is 4.29. The molecule has 6 heteroatoms. The van der Waals surface area contributed by atoms with Crippen molar-refractivity contribution in [3.8, 4) is 6.07 Å². The highest BCUT2D eigenvalue weighted by molar-refractivity contribution is 7.10.